The molecule has 3 aromatic carbocycles. The first-order valence-corrected chi connectivity index (χ1v) is 11.1. The molecule has 0 amide bonds. The Hall–Kier alpha value is -4.52. The van der Waals surface area contributed by atoms with E-state index < -0.39 is 0 Å². The zero-order valence-corrected chi connectivity index (χ0v) is 19.2. The van der Waals surface area contributed by atoms with E-state index in [2.05, 4.69) is 10.3 Å². The number of Topliss-reactive ketones (excluding diaryl/α,β-unsaturated/α-hetero) is 1. The maximum Gasteiger partial charge on any atom is 0.227 e. The van der Waals surface area contributed by atoms with Gasteiger partial charge < -0.3 is 5.32 Å². The number of aromatic nitrogens is 2. The van der Waals surface area contributed by atoms with E-state index >= 15 is 0 Å². The molecule has 0 radical (unpaired) electrons. The van der Waals surface area contributed by atoms with Crippen LogP contribution < -0.4 is 5.32 Å². The molecule has 0 fully saturated rings. The minimum atomic E-state index is -0.336. The number of benzene rings is 3. The predicted octanol–water partition coefficient (Wildman–Crippen LogP) is 5.70. The molecule has 1 aliphatic heterocycles. The van der Waals surface area contributed by atoms with Gasteiger partial charge in [0.2, 0.25) is 5.95 Å². The molecule has 35 heavy (non-hydrogen) atoms. The van der Waals surface area contributed by atoms with Gasteiger partial charge in [-0.25, -0.2) is 14.4 Å². The molecule has 0 saturated heterocycles. The zero-order valence-electron chi connectivity index (χ0n) is 19.2. The summed E-state index contributed by atoms with van der Waals surface area (Å²) in [5.74, 6) is -0.211. The van der Waals surface area contributed by atoms with Gasteiger partial charge in [-0.15, -0.1) is 0 Å². The van der Waals surface area contributed by atoms with Crippen molar-refractivity contribution >= 4 is 29.4 Å². The monoisotopic (exact) mass is 464 g/mol. The van der Waals surface area contributed by atoms with Crippen molar-refractivity contribution in [3.05, 3.63) is 106 Å². The number of carbonyl (C=O) groups is 2. The van der Waals surface area contributed by atoms with Gasteiger partial charge in [-0.3, -0.25) is 14.6 Å². The summed E-state index contributed by atoms with van der Waals surface area (Å²) >= 11 is 0. The number of aryl methyl sites for hydroxylation is 1. The van der Waals surface area contributed by atoms with Crippen LogP contribution in [0.15, 0.2) is 71.9 Å². The average Bonchev–Trinajstić information content (AvgIpc) is 3.01. The molecule has 7 heteroatoms. The number of aliphatic imine (C=N–C) groups is 1. The van der Waals surface area contributed by atoms with Crippen LogP contribution in [0.2, 0.25) is 0 Å². The number of carbonyl (C=O) groups excluding carboxylic acids is 2. The van der Waals surface area contributed by atoms with E-state index in [0.717, 1.165) is 22.3 Å². The first kappa shape index (κ1) is 22.3. The molecule has 2 heterocycles. The molecule has 1 N–H and O–H groups in total. The van der Waals surface area contributed by atoms with Crippen molar-refractivity contribution in [3.63, 3.8) is 0 Å². The molecular weight excluding hydrogens is 443 g/mol. The third kappa shape index (κ3) is 4.24. The van der Waals surface area contributed by atoms with E-state index in [1.165, 1.54) is 13.0 Å². The number of halogens is 1. The number of nitrogens with zero attached hydrogens (tertiary/aromatic N) is 3. The maximum atomic E-state index is 14.7. The second-order valence-corrected chi connectivity index (χ2v) is 8.36. The fourth-order valence-corrected chi connectivity index (χ4v) is 4.18. The van der Waals surface area contributed by atoms with Gasteiger partial charge in [0.1, 0.15) is 5.82 Å². The first-order chi connectivity index (χ1) is 16.9. The number of fused-ring (bicyclic) bond motifs is 3. The maximum absolute atomic E-state index is 14.7. The topological polar surface area (TPSA) is 84.3 Å². The summed E-state index contributed by atoms with van der Waals surface area (Å²) < 4.78 is 14.7. The molecule has 6 nitrogen and oxygen atoms in total. The lowest BCUT2D eigenvalue weighted by molar-refractivity contribution is 0.101. The van der Waals surface area contributed by atoms with E-state index in [0.29, 0.717) is 52.6 Å². The molecule has 0 unspecified atom stereocenters. The molecule has 1 aromatic heterocycles. The fraction of sp³-hybridized carbons (Fsp3) is 0.107. The smallest absolute Gasteiger partial charge is 0.227 e. The molecule has 1 aliphatic rings. The van der Waals surface area contributed by atoms with Crippen LogP contribution >= 0.6 is 0 Å². The number of anilines is 2. The molecule has 0 spiro atoms. The molecule has 5 rings (SSSR count). The number of hydrogen-bond donors (Lipinski definition) is 1. The zero-order chi connectivity index (χ0) is 24.5. The molecule has 0 saturated carbocycles. The second kappa shape index (κ2) is 9.02. The first-order valence-electron chi connectivity index (χ1n) is 11.1. The Morgan fingerprint density at radius 1 is 1.03 bits per heavy atom. The van der Waals surface area contributed by atoms with Crippen molar-refractivity contribution in [1.29, 1.82) is 0 Å². The van der Waals surface area contributed by atoms with Gasteiger partial charge in [-0.1, -0.05) is 29.8 Å². The Bertz CT molecular complexity index is 1530. The van der Waals surface area contributed by atoms with E-state index in [-0.39, 0.29) is 11.6 Å². The fourth-order valence-electron chi connectivity index (χ4n) is 4.18. The van der Waals surface area contributed by atoms with Gasteiger partial charge in [-0.2, -0.15) is 0 Å². The van der Waals surface area contributed by atoms with Gasteiger partial charge in [0.15, 0.2) is 12.1 Å². The van der Waals surface area contributed by atoms with Crippen molar-refractivity contribution in [2.75, 3.05) is 5.32 Å². The van der Waals surface area contributed by atoms with Crippen molar-refractivity contribution in [2.45, 2.75) is 20.4 Å². The lowest BCUT2D eigenvalue weighted by Crippen LogP contribution is -2.07. The third-order valence-electron chi connectivity index (χ3n) is 5.90. The minimum absolute atomic E-state index is 0.208. The summed E-state index contributed by atoms with van der Waals surface area (Å²) in [7, 11) is 0. The number of ketones is 1. The van der Waals surface area contributed by atoms with Crippen LogP contribution in [0.25, 0.3) is 11.3 Å². The molecule has 172 valence electrons. The summed E-state index contributed by atoms with van der Waals surface area (Å²) in [5, 5.41) is 3.13. The van der Waals surface area contributed by atoms with E-state index in [9.17, 15) is 14.0 Å². The predicted molar refractivity (Wildman–Crippen MR) is 133 cm³/mol. The minimum Gasteiger partial charge on any atom is -0.324 e. The van der Waals surface area contributed by atoms with Crippen LogP contribution in [0.1, 0.15) is 49.9 Å². The molecule has 0 atom stereocenters. The molecule has 0 bridgehead atoms. The SMILES string of the molecule is CC(=O)c1cc(Nc2ncc3c(n2)-c2cc(C)ccc2C(c2ccccc2F)=NC3)ccc1C=O. The van der Waals surface area contributed by atoms with Crippen molar-refractivity contribution < 1.29 is 14.0 Å². The molecule has 0 aliphatic carbocycles. The van der Waals surface area contributed by atoms with E-state index in [1.807, 2.05) is 25.1 Å². The van der Waals surface area contributed by atoms with E-state index in [4.69, 9.17) is 9.98 Å². The van der Waals surface area contributed by atoms with Crippen LogP contribution in [-0.2, 0) is 6.54 Å². The van der Waals surface area contributed by atoms with Crippen LogP contribution in [-0.4, -0.2) is 27.7 Å². The Morgan fingerprint density at radius 2 is 1.86 bits per heavy atom. The Balaban J connectivity index is 1.59. The highest BCUT2D eigenvalue weighted by atomic mass is 19.1. The van der Waals surface area contributed by atoms with Crippen molar-refractivity contribution in [2.24, 2.45) is 4.99 Å². The second-order valence-electron chi connectivity index (χ2n) is 8.36. The third-order valence-corrected chi connectivity index (χ3v) is 5.90. The Kier molecular flexibility index (Phi) is 5.74. The largest absolute Gasteiger partial charge is 0.324 e. The number of aldehydes is 1. The van der Waals surface area contributed by atoms with Crippen LogP contribution in [0.4, 0.5) is 16.0 Å². The van der Waals surface area contributed by atoms with Gasteiger partial charge >= 0.3 is 0 Å². The Labute approximate surface area is 201 Å². The lowest BCUT2D eigenvalue weighted by Gasteiger charge is -2.14. The highest BCUT2D eigenvalue weighted by molar-refractivity contribution is 6.17. The summed E-state index contributed by atoms with van der Waals surface area (Å²) in [5.41, 5.74) is 6.42. The lowest BCUT2D eigenvalue weighted by atomic mass is 9.93. The van der Waals surface area contributed by atoms with E-state index in [1.54, 1.807) is 42.6 Å². The number of hydrogen-bond acceptors (Lipinski definition) is 6. The van der Waals surface area contributed by atoms with Gasteiger partial charge in [-0.05, 0) is 50.2 Å². The summed E-state index contributed by atoms with van der Waals surface area (Å²) in [6.45, 7) is 3.70. The van der Waals surface area contributed by atoms with Crippen LogP contribution in [0, 0.1) is 12.7 Å². The Morgan fingerprint density at radius 3 is 2.63 bits per heavy atom. The van der Waals surface area contributed by atoms with Gasteiger partial charge in [0.25, 0.3) is 0 Å². The highest BCUT2D eigenvalue weighted by Gasteiger charge is 2.23. The average molecular weight is 465 g/mol. The standard InChI is InChI=1S/C28H21FN4O2/c1-16-7-10-21-24(11-16)26-19(13-30-27(21)22-5-3-4-6-25(22)29)14-31-28(33-26)32-20-9-8-18(15-34)23(12-20)17(2)35/h3-12,14-15H,13H2,1-2H3,(H,31,32,33). The molecule has 4 aromatic rings. The highest BCUT2D eigenvalue weighted by Crippen LogP contribution is 2.33. The number of nitrogens with one attached hydrogen (secondary N) is 1. The quantitative estimate of drug-likeness (QED) is 0.303. The van der Waals surface area contributed by atoms with Gasteiger partial charge in [0, 0.05) is 45.3 Å². The van der Waals surface area contributed by atoms with Crippen LogP contribution in [0.5, 0.6) is 0 Å². The normalized spacial score (nSPS) is 12.1. The van der Waals surface area contributed by atoms with Crippen LogP contribution in [0.3, 0.4) is 0 Å². The molecular formula is C28H21FN4O2. The van der Waals surface area contributed by atoms with Crippen molar-refractivity contribution in [1.82, 2.24) is 9.97 Å². The number of rotatable bonds is 5. The summed E-state index contributed by atoms with van der Waals surface area (Å²) in [6, 6.07) is 17.4. The van der Waals surface area contributed by atoms with Crippen molar-refractivity contribution in [3.8, 4) is 11.3 Å². The van der Waals surface area contributed by atoms with Gasteiger partial charge in [0.05, 0.1) is 18.0 Å². The summed E-state index contributed by atoms with van der Waals surface area (Å²) in [4.78, 5) is 37.1. The summed E-state index contributed by atoms with van der Waals surface area (Å²) in [6.07, 6.45) is 2.36.